The van der Waals surface area contributed by atoms with Gasteiger partial charge in [-0.15, -0.1) is 0 Å². The van der Waals surface area contributed by atoms with Crippen molar-refractivity contribution in [1.82, 2.24) is 4.90 Å². The Labute approximate surface area is 121 Å². The third-order valence-corrected chi connectivity index (χ3v) is 3.68. The van der Waals surface area contributed by atoms with Gasteiger partial charge in [-0.3, -0.25) is 4.79 Å². The van der Waals surface area contributed by atoms with Crippen LogP contribution in [-0.2, 0) is 4.79 Å². The number of methoxy groups -OCH3 is 1. The summed E-state index contributed by atoms with van der Waals surface area (Å²) in [7, 11) is 4.96. The summed E-state index contributed by atoms with van der Waals surface area (Å²) in [6.45, 7) is 3.70. The highest BCUT2D eigenvalue weighted by atomic mass is 16.5. The molecule has 2 atom stereocenters. The van der Waals surface area contributed by atoms with Gasteiger partial charge < -0.3 is 9.64 Å². The molecule has 0 N–H and O–H groups in total. The van der Waals surface area contributed by atoms with Gasteiger partial charge in [0.25, 0.3) is 0 Å². The fourth-order valence-electron chi connectivity index (χ4n) is 2.57. The minimum absolute atomic E-state index is 0.169. The minimum Gasteiger partial charge on any atom is -0.497 e. The van der Waals surface area contributed by atoms with Crippen LogP contribution in [0.15, 0.2) is 24.3 Å². The average molecular weight is 274 g/mol. The van der Waals surface area contributed by atoms with Gasteiger partial charge in [0.1, 0.15) is 11.2 Å². The van der Waals surface area contributed by atoms with Crippen molar-refractivity contribution in [3.63, 3.8) is 0 Å². The summed E-state index contributed by atoms with van der Waals surface area (Å²) in [6.07, 6.45) is 0.705. The first-order valence-electron chi connectivity index (χ1n) is 6.67. The van der Waals surface area contributed by atoms with Crippen LogP contribution in [0.25, 0.3) is 0 Å². The molecule has 2 unspecified atom stereocenters. The topological polar surface area (TPSA) is 53.3 Å². The Morgan fingerprint density at radius 2 is 2.15 bits per heavy atom. The molecule has 0 spiro atoms. The molecule has 0 radical (unpaired) electrons. The van der Waals surface area contributed by atoms with Crippen LogP contribution in [0.4, 0.5) is 0 Å². The van der Waals surface area contributed by atoms with Crippen LogP contribution in [-0.4, -0.2) is 32.0 Å². The highest BCUT2D eigenvalue weighted by molar-refractivity contribution is 5.86. The van der Waals surface area contributed by atoms with E-state index in [1.807, 2.05) is 31.2 Å². The number of ether oxygens (including phenoxy) is 1. The summed E-state index contributed by atoms with van der Waals surface area (Å²) in [5.74, 6) is 0.394. The first kappa shape index (κ1) is 16.0. The summed E-state index contributed by atoms with van der Waals surface area (Å²) in [5, 5.41) is 9.57. The number of amides is 1. The van der Waals surface area contributed by atoms with Crippen molar-refractivity contribution in [2.24, 2.45) is 5.41 Å². The lowest BCUT2D eigenvalue weighted by molar-refractivity contribution is -0.136. The molecule has 4 nitrogen and oxygen atoms in total. The smallest absolute Gasteiger partial charge is 0.242 e. The Kier molecular flexibility index (Phi) is 5.15. The number of hydrogen-bond donors (Lipinski definition) is 0. The van der Waals surface area contributed by atoms with E-state index in [1.165, 1.54) is 4.90 Å². The molecule has 0 saturated carbocycles. The molecule has 0 aliphatic rings. The van der Waals surface area contributed by atoms with E-state index in [4.69, 9.17) is 4.74 Å². The lowest BCUT2D eigenvalue weighted by Gasteiger charge is -2.32. The first-order valence-corrected chi connectivity index (χ1v) is 6.67. The maximum Gasteiger partial charge on any atom is 0.242 e. The molecule has 1 aromatic rings. The van der Waals surface area contributed by atoms with E-state index in [0.29, 0.717) is 6.42 Å². The molecule has 0 fully saturated rings. The number of benzene rings is 1. The maximum absolute atomic E-state index is 12.4. The zero-order valence-corrected chi connectivity index (χ0v) is 12.8. The van der Waals surface area contributed by atoms with Crippen molar-refractivity contribution in [2.45, 2.75) is 26.2 Å². The second-order valence-corrected chi connectivity index (χ2v) is 5.25. The summed E-state index contributed by atoms with van der Waals surface area (Å²) < 4.78 is 5.23. The van der Waals surface area contributed by atoms with Crippen molar-refractivity contribution in [2.75, 3.05) is 21.2 Å². The van der Waals surface area contributed by atoms with Gasteiger partial charge in [-0.1, -0.05) is 19.1 Å². The van der Waals surface area contributed by atoms with Gasteiger partial charge >= 0.3 is 0 Å². The van der Waals surface area contributed by atoms with Crippen LogP contribution in [0.1, 0.15) is 31.7 Å². The van der Waals surface area contributed by atoms with Crippen molar-refractivity contribution in [1.29, 1.82) is 5.26 Å². The van der Waals surface area contributed by atoms with Gasteiger partial charge in [0.2, 0.25) is 5.91 Å². The van der Waals surface area contributed by atoms with Gasteiger partial charge in [0.15, 0.2) is 0 Å². The van der Waals surface area contributed by atoms with Crippen molar-refractivity contribution in [3.05, 3.63) is 29.8 Å². The Bertz CT molecular complexity index is 519. The molecule has 0 bridgehead atoms. The summed E-state index contributed by atoms with van der Waals surface area (Å²) >= 11 is 0. The Morgan fingerprint density at radius 3 is 2.60 bits per heavy atom. The molecule has 0 aromatic heterocycles. The SMILES string of the molecule is CCC(c1cccc(OC)c1)C(C)(C#N)C(=O)N(C)C. The zero-order chi connectivity index (χ0) is 15.3. The number of nitriles is 1. The van der Waals surface area contributed by atoms with Crippen LogP contribution >= 0.6 is 0 Å². The molecular weight excluding hydrogens is 252 g/mol. The van der Waals surface area contributed by atoms with E-state index in [1.54, 1.807) is 28.1 Å². The number of hydrogen-bond acceptors (Lipinski definition) is 3. The average Bonchev–Trinajstić information content (AvgIpc) is 2.46. The molecule has 0 aliphatic heterocycles. The van der Waals surface area contributed by atoms with Crippen molar-refractivity contribution >= 4 is 5.91 Å². The van der Waals surface area contributed by atoms with Gasteiger partial charge in [0.05, 0.1) is 13.2 Å². The van der Waals surface area contributed by atoms with Crippen LogP contribution in [0.3, 0.4) is 0 Å². The molecule has 20 heavy (non-hydrogen) atoms. The van der Waals surface area contributed by atoms with Crippen molar-refractivity contribution in [3.8, 4) is 11.8 Å². The second kappa shape index (κ2) is 6.42. The van der Waals surface area contributed by atoms with Crippen molar-refractivity contribution < 1.29 is 9.53 Å². The molecule has 108 valence electrons. The fourth-order valence-corrected chi connectivity index (χ4v) is 2.57. The van der Waals surface area contributed by atoms with Gasteiger partial charge in [-0.05, 0) is 31.0 Å². The van der Waals surface area contributed by atoms with Crippen LogP contribution in [0.2, 0.25) is 0 Å². The lowest BCUT2D eigenvalue weighted by Crippen LogP contribution is -2.41. The Balaban J connectivity index is 3.28. The molecule has 1 amide bonds. The summed E-state index contributed by atoms with van der Waals surface area (Å²) in [4.78, 5) is 13.9. The highest BCUT2D eigenvalue weighted by Gasteiger charge is 2.42. The third-order valence-electron chi connectivity index (χ3n) is 3.68. The van der Waals surface area contributed by atoms with E-state index in [-0.39, 0.29) is 11.8 Å². The molecule has 0 saturated heterocycles. The molecule has 1 rings (SSSR count). The van der Waals surface area contributed by atoms with E-state index >= 15 is 0 Å². The van der Waals surface area contributed by atoms with Crippen LogP contribution in [0.5, 0.6) is 5.75 Å². The van der Waals surface area contributed by atoms with Gasteiger partial charge in [-0.25, -0.2) is 0 Å². The standard InChI is InChI=1S/C16H22N2O2/c1-6-14(12-8-7-9-13(10-12)20-5)16(2,11-17)15(19)18(3)4/h7-10,14H,6H2,1-5H3. The lowest BCUT2D eigenvalue weighted by atomic mass is 9.72. The first-order chi connectivity index (χ1) is 9.40. The quantitative estimate of drug-likeness (QED) is 0.829. The number of nitrogens with zero attached hydrogens (tertiary/aromatic N) is 2. The Morgan fingerprint density at radius 1 is 1.50 bits per heavy atom. The third kappa shape index (κ3) is 2.93. The van der Waals surface area contributed by atoms with Gasteiger partial charge in [-0.2, -0.15) is 5.26 Å². The summed E-state index contributed by atoms with van der Waals surface area (Å²) in [6, 6.07) is 9.79. The summed E-state index contributed by atoms with van der Waals surface area (Å²) in [5.41, 5.74) is -0.129. The maximum atomic E-state index is 12.4. The molecule has 4 heteroatoms. The normalized spacial score (nSPS) is 14.8. The van der Waals surface area contributed by atoms with E-state index < -0.39 is 5.41 Å². The number of carbonyl (C=O) groups excluding carboxylic acids is 1. The molecular formula is C16H22N2O2. The molecule has 0 aliphatic carbocycles. The number of carbonyl (C=O) groups is 1. The largest absolute Gasteiger partial charge is 0.497 e. The molecule has 1 aromatic carbocycles. The fraction of sp³-hybridized carbons (Fsp3) is 0.500. The van der Waals surface area contributed by atoms with Crippen LogP contribution < -0.4 is 4.74 Å². The van der Waals surface area contributed by atoms with Gasteiger partial charge in [0, 0.05) is 20.0 Å². The predicted molar refractivity (Wildman–Crippen MR) is 78.4 cm³/mol. The Hall–Kier alpha value is -2.02. The monoisotopic (exact) mass is 274 g/mol. The number of rotatable bonds is 5. The minimum atomic E-state index is -1.08. The van der Waals surface area contributed by atoms with E-state index in [9.17, 15) is 10.1 Å². The molecule has 0 heterocycles. The zero-order valence-electron chi connectivity index (χ0n) is 12.8. The van der Waals surface area contributed by atoms with E-state index in [2.05, 4.69) is 6.07 Å². The highest BCUT2D eigenvalue weighted by Crippen LogP contribution is 2.40. The van der Waals surface area contributed by atoms with E-state index in [0.717, 1.165) is 11.3 Å². The predicted octanol–water partition coefficient (Wildman–Crippen LogP) is 2.81. The second-order valence-electron chi connectivity index (χ2n) is 5.25. The van der Waals surface area contributed by atoms with Crippen LogP contribution in [0, 0.1) is 16.7 Å².